The third-order valence-corrected chi connectivity index (χ3v) is 5.38. The zero-order valence-electron chi connectivity index (χ0n) is 15.7. The maximum Gasteiger partial charge on any atom is 0.338 e. The Hall–Kier alpha value is -2.37. The molecule has 0 atom stereocenters. The Labute approximate surface area is 160 Å². The molecule has 0 unspecified atom stereocenters. The number of likely N-dealkylation sites (tertiary alicyclic amines) is 1. The van der Waals surface area contributed by atoms with E-state index in [2.05, 4.69) is 5.32 Å². The number of hydrogen-bond donors (Lipinski definition) is 1. The van der Waals surface area contributed by atoms with E-state index in [1.54, 1.807) is 12.1 Å². The number of carbonyl (C=O) groups is 3. The van der Waals surface area contributed by atoms with Gasteiger partial charge in [-0.25, -0.2) is 4.79 Å². The van der Waals surface area contributed by atoms with Gasteiger partial charge in [0.25, 0.3) is 5.91 Å². The van der Waals surface area contributed by atoms with Gasteiger partial charge in [-0.2, -0.15) is 0 Å². The average molecular weight is 372 g/mol. The molecule has 2 aliphatic rings. The van der Waals surface area contributed by atoms with E-state index >= 15 is 0 Å². The van der Waals surface area contributed by atoms with Gasteiger partial charge in [0.05, 0.1) is 5.56 Å². The van der Waals surface area contributed by atoms with Gasteiger partial charge >= 0.3 is 5.97 Å². The molecule has 1 heterocycles. The highest BCUT2D eigenvalue weighted by atomic mass is 16.5. The van der Waals surface area contributed by atoms with Crippen LogP contribution < -0.4 is 5.32 Å². The van der Waals surface area contributed by atoms with Gasteiger partial charge in [0.15, 0.2) is 6.61 Å². The van der Waals surface area contributed by atoms with Crippen LogP contribution in [0.4, 0.5) is 0 Å². The topological polar surface area (TPSA) is 75.7 Å². The molecule has 1 aromatic rings. The fraction of sp³-hybridized carbons (Fsp3) is 0.571. The molecule has 0 aromatic heterocycles. The Balaban J connectivity index is 1.39. The normalized spacial score (nSPS) is 17.8. The molecule has 1 N–H and O–H groups in total. The summed E-state index contributed by atoms with van der Waals surface area (Å²) >= 11 is 0. The van der Waals surface area contributed by atoms with Crippen LogP contribution >= 0.6 is 0 Å². The molecule has 1 aliphatic heterocycles. The van der Waals surface area contributed by atoms with Crippen LogP contribution in [0.5, 0.6) is 0 Å². The molecular weight excluding hydrogens is 344 g/mol. The van der Waals surface area contributed by atoms with Gasteiger partial charge in [-0.3, -0.25) is 9.59 Å². The highest BCUT2D eigenvalue weighted by Gasteiger charge is 2.20. The average Bonchev–Trinajstić information content (AvgIpc) is 3.10. The predicted molar refractivity (Wildman–Crippen MR) is 101 cm³/mol. The summed E-state index contributed by atoms with van der Waals surface area (Å²) in [5.74, 6) is -0.0316. The molecule has 3 rings (SSSR count). The fourth-order valence-corrected chi connectivity index (χ4v) is 3.75. The van der Waals surface area contributed by atoms with Crippen molar-refractivity contribution in [2.24, 2.45) is 5.92 Å². The Kier molecular flexibility index (Phi) is 6.85. The molecule has 0 radical (unpaired) electrons. The highest BCUT2D eigenvalue weighted by molar-refractivity contribution is 5.91. The van der Waals surface area contributed by atoms with E-state index in [4.69, 9.17) is 4.74 Å². The number of ether oxygens (including phenoxy) is 1. The standard InChI is InChI=1S/C21H28N2O4/c24-19(22-13-16-5-2-1-3-6-16)15-27-21(26)18-10-8-17(9-11-18)14-23-12-4-7-20(23)25/h8-11,16H,1-7,12-15H2,(H,22,24). The highest BCUT2D eigenvalue weighted by Crippen LogP contribution is 2.22. The van der Waals surface area contributed by atoms with E-state index in [0.717, 1.165) is 31.4 Å². The third kappa shape index (κ3) is 5.81. The minimum Gasteiger partial charge on any atom is -0.452 e. The van der Waals surface area contributed by atoms with E-state index in [1.807, 2.05) is 17.0 Å². The Morgan fingerprint density at radius 3 is 2.48 bits per heavy atom. The molecule has 1 saturated carbocycles. The first-order chi connectivity index (χ1) is 13.1. The Morgan fingerprint density at radius 1 is 1.07 bits per heavy atom. The zero-order chi connectivity index (χ0) is 19.1. The Morgan fingerprint density at radius 2 is 1.81 bits per heavy atom. The van der Waals surface area contributed by atoms with Gasteiger partial charge < -0.3 is 15.0 Å². The van der Waals surface area contributed by atoms with Crippen molar-refractivity contribution in [1.29, 1.82) is 0 Å². The molecule has 1 aliphatic carbocycles. The van der Waals surface area contributed by atoms with Crippen molar-refractivity contribution >= 4 is 17.8 Å². The second-order valence-corrected chi connectivity index (χ2v) is 7.50. The van der Waals surface area contributed by atoms with Crippen molar-refractivity contribution in [3.8, 4) is 0 Å². The van der Waals surface area contributed by atoms with Crippen molar-refractivity contribution < 1.29 is 19.1 Å². The quantitative estimate of drug-likeness (QED) is 0.747. The van der Waals surface area contributed by atoms with Crippen LogP contribution in [0.3, 0.4) is 0 Å². The Bertz CT molecular complexity index is 665. The zero-order valence-corrected chi connectivity index (χ0v) is 15.7. The fourth-order valence-electron chi connectivity index (χ4n) is 3.75. The lowest BCUT2D eigenvalue weighted by atomic mass is 9.89. The number of rotatable bonds is 7. The van der Waals surface area contributed by atoms with Crippen LogP contribution in [0.25, 0.3) is 0 Å². The molecule has 2 fully saturated rings. The molecular formula is C21H28N2O4. The summed E-state index contributed by atoms with van der Waals surface area (Å²) < 4.78 is 5.10. The number of hydrogen-bond acceptors (Lipinski definition) is 4. The number of esters is 1. The second-order valence-electron chi connectivity index (χ2n) is 7.50. The van der Waals surface area contributed by atoms with E-state index in [1.165, 1.54) is 19.3 Å². The maximum atomic E-state index is 12.1. The molecule has 27 heavy (non-hydrogen) atoms. The summed E-state index contributed by atoms with van der Waals surface area (Å²) in [5.41, 5.74) is 1.39. The largest absolute Gasteiger partial charge is 0.452 e. The van der Waals surface area contributed by atoms with Gasteiger partial charge in [-0.1, -0.05) is 31.4 Å². The number of amides is 2. The minimum atomic E-state index is -0.508. The smallest absolute Gasteiger partial charge is 0.338 e. The first-order valence-corrected chi connectivity index (χ1v) is 9.92. The minimum absolute atomic E-state index is 0.178. The predicted octanol–water partition coefficient (Wildman–Crippen LogP) is 2.66. The van der Waals surface area contributed by atoms with Gasteiger partial charge in [0, 0.05) is 26.1 Å². The van der Waals surface area contributed by atoms with E-state index in [9.17, 15) is 14.4 Å². The molecule has 6 heteroatoms. The summed E-state index contributed by atoms with van der Waals surface area (Å²) in [6, 6.07) is 7.01. The van der Waals surface area contributed by atoms with Crippen molar-refractivity contribution in [1.82, 2.24) is 10.2 Å². The number of benzene rings is 1. The van der Waals surface area contributed by atoms with E-state index in [0.29, 0.717) is 31.0 Å². The summed E-state index contributed by atoms with van der Waals surface area (Å²) in [7, 11) is 0. The van der Waals surface area contributed by atoms with E-state index in [-0.39, 0.29) is 18.4 Å². The maximum absolute atomic E-state index is 12.1. The summed E-state index contributed by atoms with van der Waals surface area (Å²) in [5, 5.41) is 2.86. The monoisotopic (exact) mass is 372 g/mol. The molecule has 6 nitrogen and oxygen atoms in total. The van der Waals surface area contributed by atoms with Crippen LogP contribution in [-0.4, -0.2) is 42.4 Å². The van der Waals surface area contributed by atoms with Crippen molar-refractivity contribution in [2.45, 2.75) is 51.5 Å². The van der Waals surface area contributed by atoms with Gasteiger partial charge in [-0.05, 0) is 42.9 Å². The summed E-state index contributed by atoms with van der Waals surface area (Å²) in [4.78, 5) is 37.5. The van der Waals surface area contributed by atoms with Gasteiger partial charge in [0.1, 0.15) is 0 Å². The molecule has 146 valence electrons. The lowest BCUT2D eigenvalue weighted by Crippen LogP contribution is -2.33. The van der Waals surface area contributed by atoms with Crippen LogP contribution in [0, 0.1) is 5.92 Å². The molecule has 1 aromatic carbocycles. The molecule has 1 saturated heterocycles. The van der Waals surface area contributed by atoms with Crippen LogP contribution in [0.1, 0.15) is 60.9 Å². The van der Waals surface area contributed by atoms with Crippen LogP contribution in [0.15, 0.2) is 24.3 Å². The third-order valence-electron chi connectivity index (χ3n) is 5.38. The lowest BCUT2D eigenvalue weighted by molar-refractivity contribution is -0.128. The number of nitrogens with zero attached hydrogens (tertiary/aromatic N) is 1. The van der Waals surface area contributed by atoms with Crippen molar-refractivity contribution in [3.05, 3.63) is 35.4 Å². The second kappa shape index (κ2) is 9.53. The van der Waals surface area contributed by atoms with Gasteiger partial charge in [-0.15, -0.1) is 0 Å². The van der Waals surface area contributed by atoms with Crippen LogP contribution in [-0.2, 0) is 20.9 Å². The molecule has 0 bridgehead atoms. The van der Waals surface area contributed by atoms with Crippen molar-refractivity contribution in [2.75, 3.05) is 19.7 Å². The van der Waals surface area contributed by atoms with Crippen LogP contribution in [0.2, 0.25) is 0 Å². The summed E-state index contributed by atoms with van der Waals surface area (Å²) in [6.07, 6.45) is 7.61. The lowest BCUT2D eigenvalue weighted by Gasteiger charge is -2.21. The van der Waals surface area contributed by atoms with Gasteiger partial charge in [0.2, 0.25) is 5.91 Å². The SMILES string of the molecule is O=C(COC(=O)c1ccc(CN2CCCC2=O)cc1)NCC1CCCCC1. The first-order valence-electron chi connectivity index (χ1n) is 9.92. The number of carbonyl (C=O) groups excluding carboxylic acids is 3. The first kappa shape index (κ1) is 19.4. The molecule has 0 spiro atoms. The molecule has 2 amide bonds. The number of nitrogens with one attached hydrogen (secondary N) is 1. The van der Waals surface area contributed by atoms with Crippen molar-refractivity contribution in [3.63, 3.8) is 0 Å². The van der Waals surface area contributed by atoms with E-state index < -0.39 is 5.97 Å². The summed E-state index contributed by atoms with van der Waals surface area (Å²) in [6.45, 7) is 1.77.